The fraction of sp³-hybridized carbons (Fsp3) is 0.368. The number of carbonyl (C=O) groups excluding carboxylic acids is 2. The lowest BCUT2D eigenvalue weighted by molar-refractivity contribution is -0.137. The van der Waals surface area contributed by atoms with E-state index in [1.54, 1.807) is 39.0 Å². The van der Waals surface area contributed by atoms with Crippen LogP contribution in [0.3, 0.4) is 0 Å². The van der Waals surface area contributed by atoms with E-state index in [2.05, 4.69) is 17.0 Å². The summed E-state index contributed by atoms with van der Waals surface area (Å²) < 4.78 is 6.54. The predicted molar refractivity (Wildman–Crippen MR) is 101 cm³/mol. The number of allylic oxidation sites excluding steroid dienone is 1. The fourth-order valence-corrected chi connectivity index (χ4v) is 2.71. The number of aromatic nitrogens is 2. The minimum Gasteiger partial charge on any atom is -0.480 e. The summed E-state index contributed by atoms with van der Waals surface area (Å²) in [5.74, 6) is -1.38. The molecule has 0 bridgehead atoms. The highest BCUT2D eigenvalue weighted by Gasteiger charge is 2.21. The van der Waals surface area contributed by atoms with Gasteiger partial charge in [0.1, 0.15) is 17.8 Å². The molecule has 1 heterocycles. The molecule has 0 aliphatic carbocycles. The lowest BCUT2D eigenvalue weighted by Crippen LogP contribution is -2.27. The number of fused-ring (bicyclic) bond motifs is 1. The van der Waals surface area contributed by atoms with E-state index in [4.69, 9.17) is 9.84 Å². The number of carboxylic acids is 1. The van der Waals surface area contributed by atoms with Gasteiger partial charge in [0.25, 0.3) is 0 Å². The quantitative estimate of drug-likeness (QED) is 0.593. The van der Waals surface area contributed by atoms with Crippen LogP contribution in [0.25, 0.3) is 10.9 Å². The number of nitrogens with one attached hydrogen (secondary N) is 1. The van der Waals surface area contributed by atoms with Crippen LogP contribution in [0.1, 0.15) is 43.7 Å². The van der Waals surface area contributed by atoms with E-state index in [0.29, 0.717) is 28.6 Å². The summed E-state index contributed by atoms with van der Waals surface area (Å²) in [4.78, 5) is 35.2. The maximum absolute atomic E-state index is 12.1. The van der Waals surface area contributed by atoms with Gasteiger partial charge in [-0.1, -0.05) is 6.08 Å². The molecule has 1 amide bonds. The molecule has 0 radical (unpaired) electrons. The SMILES string of the molecule is C=CCc1cc(NC(=O)OC(C)(C)C)cc2c(C(C)=O)nn(CC(=O)O)c12. The Morgan fingerprint density at radius 3 is 2.52 bits per heavy atom. The zero-order valence-electron chi connectivity index (χ0n) is 15.8. The first-order valence-electron chi connectivity index (χ1n) is 8.39. The van der Waals surface area contributed by atoms with Crippen molar-refractivity contribution in [3.05, 3.63) is 36.0 Å². The van der Waals surface area contributed by atoms with Gasteiger partial charge in [-0.05, 0) is 44.9 Å². The average molecular weight is 373 g/mol. The van der Waals surface area contributed by atoms with Crippen LogP contribution in [0.15, 0.2) is 24.8 Å². The van der Waals surface area contributed by atoms with Crippen LogP contribution in [0.4, 0.5) is 10.5 Å². The Morgan fingerprint density at radius 1 is 1.33 bits per heavy atom. The monoisotopic (exact) mass is 373 g/mol. The zero-order chi connectivity index (χ0) is 20.4. The topological polar surface area (TPSA) is 111 Å². The van der Waals surface area contributed by atoms with Crippen molar-refractivity contribution < 1.29 is 24.2 Å². The highest BCUT2D eigenvalue weighted by atomic mass is 16.6. The summed E-state index contributed by atoms with van der Waals surface area (Å²) in [5.41, 5.74) is 1.12. The molecule has 27 heavy (non-hydrogen) atoms. The van der Waals surface area contributed by atoms with Crippen LogP contribution in [0.2, 0.25) is 0 Å². The molecule has 8 heteroatoms. The number of hydrogen-bond acceptors (Lipinski definition) is 5. The van der Waals surface area contributed by atoms with Crippen molar-refractivity contribution in [2.24, 2.45) is 0 Å². The minimum atomic E-state index is -1.07. The van der Waals surface area contributed by atoms with E-state index in [0.717, 1.165) is 0 Å². The smallest absolute Gasteiger partial charge is 0.412 e. The molecule has 0 unspecified atom stereocenters. The molecule has 144 valence electrons. The Labute approximate surface area is 156 Å². The summed E-state index contributed by atoms with van der Waals surface area (Å²) in [6.45, 7) is 9.94. The molecular formula is C19H23N3O5. The van der Waals surface area contributed by atoms with Crippen molar-refractivity contribution in [2.75, 3.05) is 5.32 Å². The molecule has 2 aromatic rings. The van der Waals surface area contributed by atoms with Gasteiger partial charge >= 0.3 is 12.1 Å². The third-order valence-electron chi connectivity index (χ3n) is 3.55. The Bertz CT molecular complexity index is 922. The Morgan fingerprint density at radius 2 is 2.00 bits per heavy atom. The van der Waals surface area contributed by atoms with E-state index in [1.807, 2.05) is 0 Å². The third kappa shape index (κ3) is 4.93. The summed E-state index contributed by atoms with van der Waals surface area (Å²) in [5, 5.41) is 16.4. The van der Waals surface area contributed by atoms with Crippen LogP contribution in [-0.4, -0.2) is 38.3 Å². The van der Waals surface area contributed by atoms with Gasteiger partial charge in [-0.15, -0.1) is 6.58 Å². The number of hydrogen-bond donors (Lipinski definition) is 2. The van der Waals surface area contributed by atoms with Crippen molar-refractivity contribution in [3.8, 4) is 0 Å². The molecule has 8 nitrogen and oxygen atoms in total. The molecule has 0 fully saturated rings. The van der Waals surface area contributed by atoms with Gasteiger partial charge in [0.15, 0.2) is 5.78 Å². The molecule has 0 aliphatic heterocycles. The molecule has 2 N–H and O–H groups in total. The third-order valence-corrected chi connectivity index (χ3v) is 3.55. The number of ketones is 1. The number of nitrogens with zero attached hydrogens (tertiary/aromatic N) is 2. The van der Waals surface area contributed by atoms with Crippen molar-refractivity contribution in [1.29, 1.82) is 0 Å². The van der Waals surface area contributed by atoms with Gasteiger partial charge < -0.3 is 9.84 Å². The number of amides is 1. The predicted octanol–water partition coefficient (Wildman–Crippen LogP) is 3.40. The number of benzene rings is 1. The van der Waals surface area contributed by atoms with Gasteiger partial charge in [-0.2, -0.15) is 5.10 Å². The second-order valence-electron chi connectivity index (χ2n) is 7.11. The number of carbonyl (C=O) groups is 3. The van der Waals surface area contributed by atoms with Crippen molar-refractivity contribution >= 4 is 34.4 Å². The van der Waals surface area contributed by atoms with Gasteiger partial charge in [-0.3, -0.25) is 19.6 Å². The number of Topliss-reactive ketones (excluding diaryl/α,β-unsaturated/α-hetero) is 1. The average Bonchev–Trinajstić information content (AvgIpc) is 2.83. The molecule has 0 atom stereocenters. The number of aliphatic carboxylic acids is 1. The summed E-state index contributed by atoms with van der Waals surface area (Å²) >= 11 is 0. The van der Waals surface area contributed by atoms with Crippen LogP contribution >= 0.6 is 0 Å². The van der Waals surface area contributed by atoms with Gasteiger partial charge in [0.05, 0.1) is 5.52 Å². The van der Waals surface area contributed by atoms with Gasteiger partial charge in [0, 0.05) is 18.0 Å². The molecule has 2 rings (SSSR count). The van der Waals surface area contributed by atoms with Crippen molar-refractivity contribution in [2.45, 2.75) is 46.3 Å². The molecule has 0 saturated carbocycles. The van der Waals surface area contributed by atoms with E-state index >= 15 is 0 Å². The van der Waals surface area contributed by atoms with E-state index in [-0.39, 0.29) is 18.0 Å². The molecule has 1 aromatic carbocycles. The zero-order valence-corrected chi connectivity index (χ0v) is 15.8. The van der Waals surface area contributed by atoms with Crippen LogP contribution < -0.4 is 5.32 Å². The van der Waals surface area contributed by atoms with Gasteiger partial charge in [0.2, 0.25) is 0 Å². The van der Waals surface area contributed by atoms with E-state index < -0.39 is 17.7 Å². The highest BCUT2D eigenvalue weighted by Crippen LogP contribution is 2.28. The highest BCUT2D eigenvalue weighted by molar-refractivity contribution is 6.07. The number of rotatable bonds is 6. The maximum Gasteiger partial charge on any atom is 0.412 e. The normalized spacial score (nSPS) is 11.3. The Hall–Kier alpha value is -3.16. The number of ether oxygens (including phenoxy) is 1. The van der Waals surface area contributed by atoms with Gasteiger partial charge in [-0.25, -0.2) is 4.79 Å². The summed E-state index contributed by atoms with van der Waals surface area (Å²) in [7, 11) is 0. The Kier molecular flexibility index (Phi) is 5.68. The first-order chi connectivity index (χ1) is 12.5. The Balaban J connectivity index is 2.60. The summed E-state index contributed by atoms with van der Waals surface area (Å²) in [6.07, 6.45) is 1.43. The maximum atomic E-state index is 12.1. The van der Waals surface area contributed by atoms with Crippen LogP contribution in [-0.2, 0) is 22.5 Å². The van der Waals surface area contributed by atoms with Crippen molar-refractivity contribution in [1.82, 2.24) is 9.78 Å². The molecule has 0 aliphatic rings. The first-order valence-corrected chi connectivity index (χ1v) is 8.39. The lowest BCUT2D eigenvalue weighted by atomic mass is 10.0. The van der Waals surface area contributed by atoms with E-state index in [9.17, 15) is 14.4 Å². The largest absolute Gasteiger partial charge is 0.480 e. The van der Waals surface area contributed by atoms with Crippen LogP contribution in [0.5, 0.6) is 0 Å². The first kappa shape index (κ1) is 20.2. The standard InChI is InChI=1S/C19H23N3O5/c1-6-7-12-8-13(20-18(26)27-19(3,4)5)9-14-16(11(2)23)21-22(17(12)14)10-15(24)25/h6,8-9H,1,7,10H2,2-5H3,(H,20,26)(H,24,25). The van der Waals surface area contributed by atoms with Crippen molar-refractivity contribution in [3.63, 3.8) is 0 Å². The molecule has 0 saturated heterocycles. The van der Waals surface area contributed by atoms with Crippen LogP contribution in [0, 0.1) is 0 Å². The molecule has 1 aromatic heterocycles. The second-order valence-corrected chi connectivity index (χ2v) is 7.11. The fourth-order valence-electron chi connectivity index (χ4n) is 2.71. The molecule has 0 spiro atoms. The minimum absolute atomic E-state index is 0.143. The second kappa shape index (κ2) is 7.61. The van der Waals surface area contributed by atoms with E-state index in [1.165, 1.54) is 11.6 Å². The lowest BCUT2D eigenvalue weighted by Gasteiger charge is -2.20. The molecular weight excluding hydrogens is 350 g/mol. The summed E-state index contributed by atoms with van der Waals surface area (Å²) in [6, 6.07) is 3.28. The number of anilines is 1. The number of carboxylic acid groups (broad SMARTS) is 1.